The van der Waals surface area contributed by atoms with Gasteiger partial charge in [0.15, 0.2) is 0 Å². The summed E-state index contributed by atoms with van der Waals surface area (Å²) in [5, 5.41) is 13.9. The summed E-state index contributed by atoms with van der Waals surface area (Å²) >= 11 is 6.17. The van der Waals surface area contributed by atoms with Crippen LogP contribution >= 0.6 is 11.6 Å². The molecule has 1 N–H and O–H groups in total. The molecular weight excluding hydrogens is 384 g/mol. The third-order valence-corrected chi connectivity index (χ3v) is 4.86. The number of carbonyl (C=O) groups is 2. The third-order valence-electron chi connectivity index (χ3n) is 4.55. The Morgan fingerprint density at radius 3 is 2.75 bits per heavy atom. The fraction of sp³-hybridized carbons (Fsp3) is 0.263. The van der Waals surface area contributed by atoms with Gasteiger partial charge in [0.2, 0.25) is 11.8 Å². The second kappa shape index (κ2) is 7.85. The lowest BCUT2D eigenvalue weighted by molar-refractivity contribution is -0.384. The smallest absolute Gasteiger partial charge is 0.271 e. The molecule has 28 heavy (non-hydrogen) atoms. The average Bonchev–Trinajstić information content (AvgIpc) is 2.75. The molecule has 0 radical (unpaired) electrons. The molecular formula is C19H19ClN4O4. The zero-order valence-corrected chi connectivity index (χ0v) is 16.1. The Morgan fingerprint density at radius 1 is 1.36 bits per heavy atom. The topological polar surface area (TPSA) is 95.8 Å². The molecule has 1 heterocycles. The van der Waals surface area contributed by atoms with Gasteiger partial charge in [0.05, 0.1) is 33.6 Å². The second-order valence-electron chi connectivity index (χ2n) is 6.63. The summed E-state index contributed by atoms with van der Waals surface area (Å²) in [5.41, 5.74) is 1.61. The molecule has 0 saturated heterocycles. The number of nitrogens with zero attached hydrogens (tertiary/aromatic N) is 3. The molecule has 2 amide bonds. The highest BCUT2D eigenvalue weighted by atomic mass is 35.5. The summed E-state index contributed by atoms with van der Waals surface area (Å²) in [6, 6.07) is 10.9. The molecule has 146 valence electrons. The predicted molar refractivity (Wildman–Crippen MR) is 108 cm³/mol. The Bertz CT molecular complexity index is 949. The summed E-state index contributed by atoms with van der Waals surface area (Å²) in [7, 11) is 1.68. The van der Waals surface area contributed by atoms with E-state index < -0.39 is 4.92 Å². The first-order valence-electron chi connectivity index (χ1n) is 8.64. The lowest BCUT2D eigenvalue weighted by Crippen LogP contribution is -2.44. The minimum atomic E-state index is -0.527. The number of hydrogen-bond donors (Lipinski definition) is 1. The summed E-state index contributed by atoms with van der Waals surface area (Å²) in [6.45, 7) is 1.81. The standard InChI is InChI=1S/C19H19ClN4O4/c1-12-9-18(25)21-15-5-3-4-6-17(15)23(12)19(26)11-22(2)16-8-7-13(24(27)28)10-14(16)20/h3-8,10,12H,9,11H2,1-2H3,(H,21,25). The van der Waals surface area contributed by atoms with Gasteiger partial charge >= 0.3 is 0 Å². The maximum atomic E-state index is 13.1. The molecule has 9 heteroatoms. The van der Waals surface area contributed by atoms with Gasteiger partial charge < -0.3 is 15.1 Å². The van der Waals surface area contributed by atoms with E-state index in [1.807, 2.05) is 6.92 Å². The van der Waals surface area contributed by atoms with E-state index >= 15 is 0 Å². The first kappa shape index (κ1) is 19.6. The number of anilines is 3. The Hall–Kier alpha value is -3.13. The van der Waals surface area contributed by atoms with Gasteiger partial charge in [-0.3, -0.25) is 19.7 Å². The van der Waals surface area contributed by atoms with E-state index in [1.54, 1.807) is 41.1 Å². The molecule has 0 aromatic heterocycles. The molecule has 1 aliphatic rings. The van der Waals surface area contributed by atoms with E-state index in [0.29, 0.717) is 17.1 Å². The van der Waals surface area contributed by atoms with E-state index in [1.165, 1.54) is 18.2 Å². The van der Waals surface area contributed by atoms with Gasteiger partial charge in [-0.1, -0.05) is 23.7 Å². The number of rotatable bonds is 4. The lowest BCUT2D eigenvalue weighted by Gasteiger charge is -2.30. The van der Waals surface area contributed by atoms with E-state index in [-0.39, 0.29) is 41.5 Å². The Kier molecular flexibility index (Phi) is 5.51. The number of para-hydroxylation sites is 2. The van der Waals surface area contributed by atoms with Crippen LogP contribution in [0.4, 0.5) is 22.7 Å². The molecule has 1 unspecified atom stereocenters. The Labute approximate surface area is 166 Å². The van der Waals surface area contributed by atoms with Crippen molar-refractivity contribution >= 4 is 46.2 Å². The van der Waals surface area contributed by atoms with Gasteiger partial charge in [0.1, 0.15) is 0 Å². The average molecular weight is 403 g/mol. The van der Waals surface area contributed by atoms with Crippen molar-refractivity contribution in [2.24, 2.45) is 0 Å². The summed E-state index contributed by atoms with van der Waals surface area (Å²) in [4.78, 5) is 38.7. The highest BCUT2D eigenvalue weighted by Gasteiger charge is 2.30. The van der Waals surface area contributed by atoms with Gasteiger partial charge in [-0.25, -0.2) is 0 Å². The van der Waals surface area contributed by atoms with Crippen LogP contribution in [0, 0.1) is 10.1 Å². The highest BCUT2D eigenvalue weighted by Crippen LogP contribution is 2.32. The Morgan fingerprint density at radius 2 is 2.07 bits per heavy atom. The molecule has 3 rings (SSSR count). The monoisotopic (exact) mass is 402 g/mol. The number of nitrogens with one attached hydrogen (secondary N) is 1. The first-order valence-corrected chi connectivity index (χ1v) is 9.01. The molecule has 1 atom stereocenters. The van der Waals surface area contributed by atoms with Crippen LogP contribution < -0.4 is 15.1 Å². The number of fused-ring (bicyclic) bond motifs is 1. The quantitative estimate of drug-likeness (QED) is 0.624. The number of carbonyl (C=O) groups excluding carboxylic acids is 2. The first-order chi connectivity index (χ1) is 13.3. The number of hydrogen-bond acceptors (Lipinski definition) is 5. The SMILES string of the molecule is CC1CC(=O)Nc2ccccc2N1C(=O)CN(C)c1ccc([N+](=O)[O-])cc1Cl. The van der Waals surface area contributed by atoms with Gasteiger partial charge in [-0.05, 0) is 25.1 Å². The van der Waals surface area contributed by atoms with Crippen LogP contribution in [0.25, 0.3) is 0 Å². The summed E-state index contributed by atoms with van der Waals surface area (Å²) < 4.78 is 0. The van der Waals surface area contributed by atoms with Crippen LogP contribution in [0.5, 0.6) is 0 Å². The second-order valence-corrected chi connectivity index (χ2v) is 7.04. The van der Waals surface area contributed by atoms with Crippen molar-refractivity contribution in [2.75, 3.05) is 28.7 Å². The molecule has 0 spiro atoms. The van der Waals surface area contributed by atoms with Crippen LogP contribution in [0.2, 0.25) is 5.02 Å². The highest BCUT2D eigenvalue weighted by molar-refractivity contribution is 6.33. The Balaban J connectivity index is 1.86. The molecule has 0 bridgehead atoms. The maximum absolute atomic E-state index is 13.1. The van der Waals surface area contributed by atoms with Crippen molar-refractivity contribution < 1.29 is 14.5 Å². The zero-order chi connectivity index (χ0) is 20.4. The summed E-state index contributed by atoms with van der Waals surface area (Å²) in [5.74, 6) is -0.365. The van der Waals surface area contributed by atoms with Gasteiger partial charge in [0.25, 0.3) is 5.69 Å². The van der Waals surface area contributed by atoms with Crippen LogP contribution in [-0.4, -0.2) is 36.4 Å². The number of nitro benzene ring substituents is 1. The molecule has 0 fully saturated rings. The fourth-order valence-corrected chi connectivity index (χ4v) is 3.57. The fourth-order valence-electron chi connectivity index (χ4n) is 3.25. The number of amides is 2. The van der Waals surface area contributed by atoms with Crippen molar-refractivity contribution in [2.45, 2.75) is 19.4 Å². The molecule has 1 aliphatic heterocycles. The number of halogens is 1. The lowest BCUT2D eigenvalue weighted by atomic mass is 10.1. The molecule has 2 aromatic carbocycles. The number of benzene rings is 2. The predicted octanol–water partition coefficient (Wildman–Crippen LogP) is 3.45. The number of non-ortho nitro benzene ring substituents is 1. The molecule has 0 saturated carbocycles. The summed E-state index contributed by atoms with van der Waals surface area (Å²) in [6.07, 6.45) is 0.183. The van der Waals surface area contributed by atoms with E-state index in [4.69, 9.17) is 11.6 Å². The van der Waals surface area contributed by atoms with Crippen molar-refractivity contribution in [3.63, 3.8) is 0 Å². The maximum Gasteiger partial charge on any atom is 0.271 e. The minimum Gasteiger partial charge on any atom is -0.364 e. The van der Waals surface area contributed by atoms with E-state index in [9.17, 15) is 19.7 Å². The zero-order valence-electron chi connectivity index (χ0n) is 15.4. The van der Waals surface area contributed by atoms with Crippen LogP contribution in [0.1, 0.15) is 13.3 Å². The number of likely N-dealkylation sites (N-methyl/N-ethyl adjacent to an activating group) is 1. The molecule has 2 aromatic rings. The molecule has 8 nitrogen and oxygen atoms in total. The van der Waals surface area contributed by atoms with Crippen molar-refractivity contribution in [3.8, 4) is 0 Å². The normalized spacial score (nSPS) is 16.0. The van der Waals surface area contributed by atoms with E-state index in [2.05, 4.69) is 5.32 Å². The van der Waals surface area contributed by atoms with Crippen molar-refractivity contribution in [1.29, 1.82) is 0 Å². The van der Waals surface area contributed by atoms with Gasteiger partial charge in [-0.15, -0.1) is 0 Å². The minimum absolute atomic E-state index is 0.00953. The van der Waals surface area contributed by atoms with Crippen molar-refractivity contribution in [1.82, 2.24) is 0 Å². The van der Waals surface area contributed by atoms with E-state index in [0.717, 1.165) is 0 Å². The van der Waals surface area contributed by atoms with Crippen LogP contribution in [-0.2, 0) is 9.59 Å². The van der Waals surface area contributed by atoms with Crippen LogP contribution in [0.15, 0.2) is 42.5 Å². The van der Waals surface area contributed by atoms with Gasteiger partial charge in [-0.2, -0.15) is 0 Å². The third kappa shape index (κ3) is 3.91. The van der Waals surface area contributed by atoms with Crippen molar-refractivity contribution in [3.05, 3.63) is 57.6 Å². The largest absolute Gasteiger partial charge is 0.364 e. The van der Waals surface area contributed by atoms with Gasteiger partial charge in [0, 0.05) is 31.6 Å². The number of nitro groups is 1. The molecule has 0 aliphatic carbocycles. The van der Waals surface area contributed by atoms with Crippen LogP contribution in [0.3, 0.4) is 0 Å².